The van der Waals surface area contributed by atoms with Gasteiger partial charge in [0.05, 0.1) is 18.0 Å². The molecule has 1 aromatic carbocycles. The van der Waals surface area contributed by atoms with Crippen molar-refractivity contribution in [1.29, 1.82) is 0 Å². The Labute approximate surface area is 144 Å². The van der Waals surface area contributed by atoms with Crippen LogP contribution in [0.3, 0.4) is 0 Å². The van der Waals surface area contributed by atoms with Crippen LogP contribution in [0.1, 0.15) is 25.5 Å². The van der Waals surface area contributed by atoms with E-state index >= 15 is 0 Å². The van der Waals surface area contributed by atoms with Crippen LogP contribution in [-0.4, -0.2) is 28.5 Å². The van der Waals surface area contributed by atoms with E-state index in [4.69, 9.17) is 21.1 Å². The summed E-state index contributed by atoms with van der Waals surface area (Å²) in [7, 11) is 0. The Morgan fingerprint density at radius 3 is 2.67 bits per heavy atom. The first kappa shape index (κ1) is 18.0. The lowest BCUT2D eigenvalue weighted by atomic mass is 10.0. The van der Waals surface area contributed by atoms with Crippen LogP contribution in [0.25, 0.3) is 11.5 Å². The van der Waals surface area contributed by atoms with Gasteiger partial charge in [-0.25, -0.2) is 4.98 Å². The standard InChI is InChI=1S/C17H19ClN2O4/c1-2-3-12(17(22)23)9-19-15(21)8-14-10-24-16(20-14)11-4-6-13(18)7-5-11/h4-7,10,12H,2-3,8-9H2,1H3,(H,19,21)(H,22,23). The minimum atomic E-state index is -0.899. The fraction of sp³-hybridized carbons (Fsp3) is 0.353. The lowest BCUT2D eigenvalue weighted by Gasteiger charge is -2.11. The van der Waals surface area contributed by atoms with E-state index in [1.807, 2.05) is 6.92 Å². The van der Waals surface area contributed by atoms with Crippen molar-refractivity contribution in [3.8, 4) is 11.5 Å². The Morgan fingerprint density at radius 2 is 2.04 bits per heavy atom. The minimum Gasteiger partial charge on any atom is -0.481 e. The van der Waals surface area contributed by atoms with E-state index < -0.39 is 11.9 Å². The third-order valence-corrected chi connectivity index (χ3v) is 3.77. The molecular weight excluding hydrogens is 332 g/mol. The first-order valence-electron chi connectivity index (χ1n) is 7.69. The molecule has 0 aliphatic heterocycles. The number of amides is 1. The van der Waals surface area contributed by atoms with Crippen LogP contribution in [0.15, 0.2) is 34.9 Å². The van der Waals surface area contributed by atoms with E-state index in [1.54, 1.807) is 24.3 Å². The monoisotopic (exact) mass is 350 g/mol. The summed E-state index contributed by atoms with van der Waals surface area (Å²) >= 11 is 5.83. The fourth-order valence-corrected chi connectivity index (χ4v) is 2.36. The van der Waals surface area contributed by atoms with Gasteiger partial charge >= 0.3 is 5.97 Å². The molecule has 1 aromatic heterocycles. The number of carboxylic acids is 1. The molecule has 2 N–H and O–H groups in total. The molecule has 6 nitrogen and oxygen atoms in total. The average molecular weight is 351 g/mol. The predicted molar refractivity (Wildman–Crippen MR) is 89.7 cm³/mol. The highest BCUT2D eigenvalue weighted by atomic mass is 35.5. The summed E-state index contributed by atoms with van der Waals surface area (Å²) in [6, 6.07) is 7.01. The maximum Gasteiger partial charge on any atom is 0.308 e. The first-order valence-corrected chi connectivity index (χ1v) is 8.07. The summed E-state index contributed by atoms with van der Waals surface area (Å²) in [6.45, 7) is 2.02. The number of carbonyl (C=O) groups is 2. The van der Waals surface area contributed by atoms with E-state index in [2.05, 4.69) is 10.3 Å². The van der Waals surface area contributed by atoms with Gasteiger partial charge in [0.1, 0.15) is 6.26 Å². The third kappa shape index (κ3) is 5.09. The molecule has 1 atom stereocenters. The number of oxazole rings is 1. The van der Waals surface area contributed by atoms with Crippen molar-refractivity contribution in [2.75, 3.05) is 6.54 Å². The summed E-state index contributed by atoms with van der Waals surface area (Å²) < 4.78 is 5.37. The van der Waals surface area contributed by atoms with Gasteiger partial charge in [0, 0.05) is 17.1 Å². The second kappa shape index (κ2) is 8.49. The van der Waals surface area contributed by atoms with Crippen molar-refractivity contribution in [3.05, 3.63) is 41.2 Å². The number of aromatic nitrogens is 1. The topological polar surface area (TPSA) is 92.4 Å². The number of rotatable bonds is 8. The zero-order valence-corrected chi connectivity index (χ0v) is 14.0. The summed E-state index contributed by atoms with van der Waals surface area (Å²) in [5.41, 5.74) is 1.25. The van der Waals surface area contributed by atoms with Crippen LogP contribution in [0.4, 0.5) is 0 Å². The molecule has 0 radical (unpaired) electrons. The highest BCUT2D eigenvalue weighted by Gasteiger charge is 2.18. The number of nitrogens with one attached hydrogen (secondary N) is 1. The number of hydrogen-bond acceptors (Lipinski definition) is 4. The quantitative estimate of drug-likeness (QED) is 0.762. The van der Waals surface area contributed by atoms with Gasteiger partial charge in [-0.2, -0.15) is 0 Å². The molecule has 0 spiro atoms. The zero-order chi connectivity index (χ0) is 17.5. The van der Waals surface area contributed by atoms with Crippen molar-refractivity contribution >= 4 is 23.5 Å². The van der Waals surface area contributed by atoms with Crippen LogP contribution in [0.2, 0.25) is 5.02 Å². The van der Waals surface area contributed by atoms with Gasteiger partial charge in [0.25, 0.3) is 0 Å². The van der Waals surface area contributed by atoms with Crippen LogP contribution in [0, 0.1) is 5.92 Å². The summed E-state index contributed by atoms with van der Waals surface area (Å²) in [6.07, 6.45) is 2.74. The molecule has 0 bridgehead atoms. The van der Waals surface area contributed by atoms with Gasteiger partial charge < -0.3 is 14.8 Å². The lowest BCUT2D eigenvalue weighted by Crippen LogP contribution is -2.33. The third-order valence-electron chi connectivity index (χ3n) is 3.52. The molecule has 2 aromatic rings. The summed E-state index contributed by atoms with van der Waals surface area (Å²) in [5, 5.41) is 12.3. The second-order valence-corrected chi connectivity index (χ2v) is 5.89. The number of halogens is 1. The van der Waals surface area contributed by atoms with Gasteiger partial charge in [0.2, 0.25) is 11.8 Å². The van der Waals surface area contributed by atoms with Crippen molar-refractivity contribution in [3.63, 3.8) is 0 Å². The maximum absolute atomic E-state index is 11.9. The normalized spacial score (nSPS) is 11.9. The highest BCUT2D eigenvalue weighted by Crippen LogP contribution is 2.21. The number of carbonyl (C=O) groups excluding carboxylic acids is 1. The molecule has 0 aliphatic rings. The van der Waals surface area contributed by atoms with Crippen LogP contribution < -0.4 is 5.32 Å². The maximum atomic E-state index is 11.9. The Balaban J connectivity index is 1.90. The van der Waals surface area contributed by atoms with E-state index in [0.29, 0.717) is 23.0 Å². The molecule has 1 unspecified atom stereocenters. The molecule has 1 amide bonds. The number of nitrogens with zero attached hydrogens (tertiary/aromatic N) is 1. The van der Waals surface area contributed by atoms with Gasteiger partial charge in [-0.3, -0.25) is 9.59 Å². The molecule has 0 saturated heterocycles. The minimum absolute atomic E-state index is 0.0373. The van der Waals surface area contributed by atoms with E-state index in [-0.39, 0.29) is 18.9 Å². The van der Waals surface area contributed by atoms with Crippen LogP contribution in [-0.2, 0) is 16.0 Å². The Kier molecular flexibility index (Phi) is 6.37. The highest BCUT2D eigenvalue weighted by molar-refractivity contribution is 6.30. The fourth-order valence-electron chi connectivity index (χ4n) is 2.24. The molecule has 2 rings (SSSR count). The molecule has 0 saturated carbocycles. The van der Waals surface area contributed by atoms with E-state index in [0.717, 1.165) is 12.0 Å². The summed E-state index contributed by atoms with van der Waals surface area (Å²) in [5.74, 6) is -1.35. The van der Waals surface area contributed by atoms with Gasteiger partial charge in [-0.1, -0.05) is 24.9 Å². The predicted octanol–water partition coefficient (Wildman–Crippen LogP) is 3.15. The van der Waals surface area contributed by atoms with Gasteiger partial charge in [-0.15, -0.1) is 0 Å². The summed E-state index contributed by atoms with van der Waals surface area (Å²) in [4.78, 5) is 27.2. The van der Waals surface area contributed by atoms with Crippen molar-refractivity contribution in [2.24, 2.45) is 5.92 Å². The van der Waals surface area contributed by atoms with Crippen LogP contribution in [0.5, 0.6) is 0 Å². The van der Waals surface area contributed by atoms with E-state index in [9.17, 15) is 9.59 Å². The first-order chi connectivity index (χ1) is 11.5. The molecule has 0 aliphatic carbocycles. The number of hydrogen-bond donors (Lipinski definition) is 2. The molecule has 7 heteroatoms. The second-order valence-electron chi connectivity index (χ2n) is 5.46. The average Bonchev–Trinajstić information content (AvgIpc) is 3.00. The van der Waals surface area contributed by atoms with Crippen molar-refractivity contribution in [1.82, 2.24) is 10.3 Å². The van der Waals surface area contributed by atoms with E-state index in [1.165, 1.54) is 6.26 Å². The molecule has 0 fully saturated rings. The van der Waals surface area contributed by atoms with Crippen molar-refractivity contribution < 1.29 is 19.1 Å². The number of aliphatic carboxylic acids is 1. The molecular formula is C17H19ClN2O4. The number of benzene rings is 1. The number of carboxylic acid groups (broad SMARTS) is 1. The van der Waals surface area contributed by atoms with Gasteiger partial charge in [-0.05, 0) is 30.7 Å². The Morgan fingerprint density at radius 1 is 1.33 bits per heavy atom. The SMILES string of the molecule is CCCC(CNC(=O)Cc1coc(-c2ccc(Cl)cc2)n1)C(=O)O. The lowest BCUT2D eigenvalue weighted by molar-refractivity contribution is -0.141. The largest absolute Gasteiger partial charge is 0.481 e. The smallest absolute Gasteiger partial charge is 0.308 e. The van der Waals surface area contributed by atoms with Crippen molar-refractivity contribution in [2.45, 2.75) is 26.2 Å². The molecule has 24 heavy (non-hydrogen) atoms. The Hall–Kier alpha value is -2.34. The molecule has 1 heterocycles. The molecule has 128 valence electrons. The van der Waals surface area contributed by atoms with Crippen LogP contribution >= 0.6 is 11.6 Å². The zero-order valence-electron chi connectivity index (χ0n) is 13.3. The Bertz CT molecular complexity index is 697. The van der Waals surface area contributed by atoms with Gasteiger partial charge in [0.15, 0.2) is 0 Å².